The number of rotatable bonds is 5. The molecule has 0 bridgehead atoms. The summed E-state index contributed by atoms with van der Waals surface area (Å²) >= 11 is 1.63. The lowest BCUT2D eigenvalue weighted by molar-refractivity contribution is 0.324. The molecular formula is C21H20N2O3S. The molecule has 0 saturated heterocycles. The van der Waals surface area contributed by atoms with Crippen molar-refractivity contribution < 1.29 is 14.2 Å². The fourth-order valence-corrected chi connectivity index (χ4v) is 4.31. The maximum Gasteiger partial charge on any atom is 0.209 e. The molecule has 0 fully saturated rings. The van der Waals surface area contributed by atoms with Crippen LogP contribution in [0.15, 0.2) is 41.4 Å². The number of benzene rings is 2. The molecule has 2 aromatic carbocycles. The summed E-state index contributed by atoms with van der Waals surface area (Å²) in [5, 5.41) is 0.755. The van der Waals surface area contributed by atoms with Crippen LogP contribution in [-0.2, 0) is 12.8 Å². The molecule has 0 amide bonds. The number of methoxy groups -OCH3 is 3. The summed E-state index contributed by atoms with van der Waals surface area (Å²) in [6.45, 7) is 0. The molecule has 0 unspecified atom stereocenters. The van der Waals surface area contributed by atoms with E-state index in [-0.39, 0.29) is 0 Å². The van der Waals surface area contributed by atoms with Gasteiger partial charge in [-0.05, 0) is 36.1 Å². The average Bonchev–Trinajstić information content (AvgIpc) is 3.15. The van der Waals surface area contributed by atoms with Crippen molar-refractivity contribution in [2.75, 3.05) is 21.3 Å². The first kappa shape index (κ1) is 17.5. The summed E-state index contributed by atoms with van der Waals surface area (Å²) in [4.78, 5) is 10.5. The largest absolute Gasteiger partial charge is 0.493 e. The highest BCUT2D eigenvalue weighted by molar-refractivity contribution is 7.18. The van der Waals surface area contributed by atoms with E-state index in [2.05, 4.69) is 29.3 Å². The molecule has 1 aromatic heterocycles. The highest BCUT2D eigenvalue weighted by Crippen LogP contribution is 2.41. The summed E-state index contributed by atoms with van der Waals surface area (Å²) in [6.07, 6.45) is 3.77. The van der Waals surface area contributed by atoms with Crippen molar-refractivity contribution in [1.29, 1.82) is 0 Å². The minimum atomic E-state index is 0.568. The predicted octanol–water partition coefficient (Wildman–Crippen LogP) is 4.69. The van der Waals surface area contributed by atoms with Gasteiger partial charge in [0.1, 0.15) is 0 Å². The second-order valence-corrected chi connectivity index (χ2v) is 7.12. The van der Waals surface area contributed by atoms with Gasteiger partial charge in [0, 0.05) is 11.8 Å². The van der Waals surface area contributed by atoms with Crippen LogP contribution >= 0.6 is 11.3 Å². The monoisotopic (exact) mass is 380 g/mol. The number of hydrogen-bond donors (Lipinski definition) is 0. The molecule has 1 heterocycles. The molecule has 3 aromatic rings. The van der Waals surface area contributed by atoms with Gasteiger partial charge in [-0.2, -0.15) is 0 Å². The van der Waals surface area contributed by atoms with Crippen molar-refractivity contribution in [2.24, 2.45) is 4.99 Å². The average molecular weight is 380 g/mol. The molecule has 0 radical (unpaired) electrons. The number of aromatic nitrogens is 1. The van der Waals surface area contributed by atoms with Crippen molar-refractivity contribution in [3.05, 3.63) is 53.2 Å². The summed E-state index contributed by atoms with van der Waals surface area (Å²) < 4.78 is 16.2. The molecular weight excluding hydrogens is 360 g/mol. The van der Waals surface area contributed by atoms with Gasteiger partial charge in [0.05, 0.1) is 31.9 Å². The zero-order chi connectivity index (χ0) is 18.8. The highest BCUT2D eigenvalue weighted by Gasteiger charge is 2.20. The third kappa shape index (κ3) is 3.28. The Morgan fingerprint density at radius 2 is 1.74 bits per heavy atom. The number of nitrogens with zero attached hydrogens (tertiary/aromatic N) is 2. The van der Waals surface area contributed by atoms with Crippen molar-refractivity contribution in [3.63, 3.8) is 0 Å². The van der Waals surface area contributed by atoms with Crippen LogP contribution in [0.5, 0.6) is 17.2 Å². The van der Waals surface area contributed by atoms with Crippen LogP contribution in [0.25, 0.3) is 10.4 Å². The molecule has 4 rings (SSSR count). The number of thiazole rings is 1. The summed E-state index contributed by atoms with van der Waals surface area (Å²) in [5.74, 6) is 1.77. The first-order valence-corrected chi connectivity index (χ1v) is 9.47. The summed E-state index contributed by atoms with van der Waals surface area (Å²) in [7, 11) is 4.79. The van der Waals surface area contributed by atoms with Crippen molar-refractivity contribution >= 4 is 22.7 Å². The molecule has 5 nitrogen and oxygen atoms in total. The number of ether oxygens (including phenoxy) is 3. The Morgan fingerprint density at radius 3 is 2.44 bits per heavy atom. The number of aliphatic imine (C=N–C) groups is 1. The van der Waals surface area contributed by atoms with Gasteiger partial charge in [0.15, 0.2) is 11.5 Å². The molecule has 0 N–H and O–H groups in total. The zero-order valence-corrected chi connectivity index (χ0v) is 16.3. The Labute approximate surface area is 162 Å². The van der Waals surface area contributed by atoms with E-state index in [1.54, 1.807) is 38.9 Å². The standard InChI is InChI=1S/C21H20N2O3S/c1-24-17-10-13(11-18(25-2)19(17)26-3)12-22-21-23-16-9-8-14-6-4-5-7-15(14)20(16)27-21/h4-7,10-12H,8-9H2,1-3H3. The molecule has 0 aliphatic heterocycles. The van der Waals surface area contributed by atoms with Crippen LogP contribution in [0.4, 0.5) is 5.13 Å². The van der Waals surface area contributed by atoms with Gasteiger partial charge < -0.3 is 14.2 Å². The van der Waals surface area contributed by atoms with E-state index in [9.17, 15) is 0 Å². The van der Waals surface area contributed by atoms with E-state index in [1.807, 2.05) is 12.1 Å². The molecule has 6 heteroatoms. The highest BCUT2D eigenvalue weighted by atomic mass is 32.1. The van der Waals surface area contributed by atoms with Crippen LogP contribution in [0.3, 0.4) is 0 Å². The Kier molecular flexibility index (Phi) is 4.81. The Hall–Kier alpha value is -2.86. The minimum absolute atomic E-state index is 0.568. The zero-order valence-electron chi connectivity index (χ0n) is 15.5. The Bertz CT molecular complexity index is 985. The van der Waals surface area contributed by atoms with Crippen molar-refractivity contribution in [2.45, 2.75) is 12.8 Å². The second kappa shape index (κ2) is 7.40. The first-order valence-electron chi connectivity index (χ1n) is 8.65. The quantitative estimate of drug-likeness (QED) is 0.603. The molecule has 1 aliphatic carbocycles. The normalized spacial score (nSPS) is 12.6. The van der Waals surface area contributed by atoms with E-state index in [0.29, 0.717) is 17.2 Å². The number of aryl methyl sites for hydroxylation is 2. The molecule has 1 aliphatic rings. The van der Waals surface area contributed by atoms with E-state index in [4.69, 9.17) is 19.2 Å². The minimum Gasteiger partial charge on any atom is -0.493 e. The van der Waals surface area contributed by atoms with Gasteiger partial charge in [-0.3, -0.25) is 0 Å². The van der Waals surface area contributed by atoms with Gasteiger partial charge in [0.25, 0.3) is 0 Å². The van der Waals surface area contributed by atoms with Crippen LogP contribution in [-0.4, -0.2) is 32.5 Å². The molecule has 0 saturated carbocycles. The van der Waals surface area contributed by atoms with E-state index < -0.39 is 0 Å². The maximum atomic E-state index is 5.40. The van der Waals surface area contributed by atoms with Gasteiger partial charge in [-0.25, -0.2) is 9.98 Å². The number of hydrogen-bond acceptors (Lipinski definition) is 6. The smallest absolute Gasteiger partial charge is 0.209 e. The van der Waals surface area contributed by atoms with E-state index in [0.717, 1.165) is 29.2 Å². The van der Waals surface area contributed by atoms with E-state index >= 15 is 0 Å². The summed E-state index contributed by atoms with van der Waals surface area (Å²) in [6, 6.07) is 12.3. The lowest BCUT2D eigenvalue weighted by atomic mass is 9.94. The third-order valence-corrected chi connectivity index (χ3v) is 5.63. The van der Waals surface area contributed by atoms with Crippen LogP contribution < -0.4 is 14.2 Å². The first-order chi connectivity index (χ1) is 13.2. The van der Waals surface area contributed by atoms with Crippen LogP contribution in [0.1, 0.15) is 16.8 Å². The topological polar surface area (TPSA) is 52.9 Å². The fourth-order valence-electron chi connectivity index (χ4n) is 3.29. The second-order valence-electron chi connectivity index (χ2n) is 6.15. The predicted molar refractivity (Wildman–Crippen MR) is 108 cm³/mol. The van der Waals surface area contributed by atoms with E-state index in [1.165, 1.54) is 16.0 Å². The van der Waals surface area contributed by atoms with Crippen LogP contribution in [0.2, 0.25) is 0 Å². The molecule has 138 valence electrons. The fraction of sp³-hybridized carbons (Fsp3) is 0.238. The van der Waals surface area contributed by atoms with Crippen molar-refractivity contribution in [3.8, 4) is 27.7 Å². The van der Waals surface area contributed by atoms with Gasteiger partial charge >= 0.3 is 0 Å². The van der Waals surface area contributed by atoms with Crippen molar-refractivity contribution in [1.82, 2.24) is 4.98 Å². The van der Waals surface area contributed by atoms with Gasteiger partial charge in [-0.15, -0.1) is 0 Å². The van der Waals surface area contributed by atoms with Gasteiger partial charge in [-0.1, -0.05) is 35.6 Å². The molecule has 0 spiro atoms. The summed E-state index contributed by atoms with van der Waals surface area (Å²) in [5.41, 5.74) is 4.66. The molecule has 0 atom stereocenters. The van der Waals surface area contributed by atoms with Crippen LogP contribution in [0, 0.1) is 0 Å². The maximum absolute atomic E-state index is 5.40. The number of fused-ring (bicyclic) bond motifs is 3. The lowest BCUT2D eigenvalue weighted by Gasteiger charge is -2.13. The third-order valence-electron chi connectivity index (χ3n) is 4.59. The lowest BCUT2D eigenvalue weighted by Crippen LogP contribution is -2.01. The SMILES string of the molecule is COc1cc(C=Nc2nc3c(s2)-c2ccccc2CC3)cc(OC)c1OC. The van der Waals surface area contributed by atoms with Gasteiger partial charge in [0.2, 0.25) is 10.9 Å². The Morgan fingerprint density at radius 1 is 1.00 bits per heavy atom. The molecule has 27 heavy (non-hydrogen) atoms. The Balaban J connectivity index is 1.66.